The normalized spacial score (nSPS) is 22.7. The van der Waals surface area contributed by atoms with Gasteiger partial charge in [0, 0.05) is 6.54 Å². The van der Waals surface area contributed by atoms with Gasteiger partial charge in [-0.2, -0.15) is 0 Å². The van der Waals surface area contributed by atoms with Crippen LogP contribution in [0.25, 0.3) is 0 Å². The summed E-state index contributed by atoms with van der Waals surface area (Å²) >= 11 is 0.902. The Morgan fingerprint density at radius 3 is 2.68 bits per heavy atom. The molecule has 108 valence electrons. The first-order valence-electron chi connectivity index (χ1n) is 5.62. The summed E-state index contributed by atoms with van der Waals surface area (Å²) in [6.07, 6.45) is 0.495. The Labute approximate surface area is 116 Å². The molecule has 19 heavy (non-hydrogen) atoms. The van der Waals surface area contributed by atoms with E-state index in [1.807, 2.05) is 0 Å². The average molecular weight is 325 g/mol. The van der Waals surface area contributed by atoms with Gasteiger partial charge in [0.25, 0.3) is 10.0 Å². The third-order valence-corrected chi connectivity index (χ3v) is 7.76. The van der Waals surface area contributed by atoms with Crippen LogP contribution >= 0.6 is 11.3 Å². The maximum absolute atomic E-state index is 12.0. The first-order chi connectivity index (χ1) is 8.70. The number of sulfonamides is 1. The van der Waals surface area contributed by atoms with Crippen LogP contribution in [0.5, 0.6) is 0 Å². The SMILES string of the molecule is Cc1nc(N)sc1S(=O)(=O)NCC1CCS(=O)(=O)C1. The molecule has 1 aliphatic heterocycles. The van der Waals surface area contributed by atoms with Gasteiger partial charge in [-0.05, 0) is 19.3 Å². The number of nitrogens with two attached hydrogens (primary N) is 1. The maximum Gasteiger partial charge on any atom is 0.252 e. The van der Waals surface area contributed by atoms with Gasteiger partial charge in [0.1, 0.15) is 0 Å². The van der Waals surface area contributed by atoms with Gasteiger partial charge in [0.2, 0.25) is 0 Å². The van der Waals surface area contributed by atoms with Crippen molar-refractivity contribution in [2.45, 2.75) is 17.6 Å². The van der Waals surface area contributed by atoms with Crippen LogP contribution in [0.1, 0.15) is 12.1 Å². The Kier molecular flexibility index (Phi) is 3.87. The molecule has 0 saturated carbocycles. The van der Waals surface area contributed by atoms with Gasteiger partial charge in [0.05, 0.1) is 17.2 Å². The topological polar surface area (TPSA) is 119 Å². The Morgan fingerprint density at radius 1 is 1.53 bits per heavy atom. The molecule has 1 unspecified atom stereocenters. The van der Waals surface area contributed by atoms with Crippen molar-refractivity contribution < 1.29 is 16.8 Å². The minimum atomic E-state index is -3.66. The lowest BCUT2D eigenvalue weighted by Crippen LogP contribution is -2.29. The summed E-state index contributed by atoms with van der Waals surface area (Å²) in [7, 11) is -6.66. The van der Waals surface area contributed by atoms with Gasteiger partial charge < -0.3 is 5.73 Å². The molecule has 1 aromatic heterocycles. The number of aryl methyl sites for hydroxylation is 1. The van der Waals surface area contributed by atoms with Crippen LogP contribution in [0.4, 0.5) is 5.13 Å². The lowest BCUT2D eigenvalue weighted by Gasteiger charge is -2.09. The number of hydrogen-bond acceptors (Lipinski definition) is 7. The van der Waals surface area contributed by atoms with Gasteiger partial charge in [-0.3, -0.25) is 0 Å². The molecule has 1 aromatic rings. The summed E-state index contributed by atoms with van der Waals surface area (Å²) in [5, 5.41) is 0.196. The summed E-state index contributed by atoms with van der Waals surface area (Å²) in [5.74, 6) is 0.0102. The average Bonchev–Trinajstić information content (AvgIpc) is 2.79. The Bertz CT molecular complexity index is 678. The third kappa shape index (κ3) is 3.44. The smallest absolute Gasteiger partial charge is 0.252 e. The second kappa shape index (κ2) is 5.00. The fraction of sp³-hybridized carbons (Fsp3) is 0.667. The molecule has 2 rings (SSSR count). The van der Waals surface area contributed by atoms with Crippen LogP contribution in [-0.2, 0) is 19.9 Å². The summed E-state index contributed by atoms with van der Waals surface area (Å²) in [6, 6.07) is 0. The second-order valence-corrected chi connectivity index (χ2v) is 9.77. The van der Waals surface area contributed by atoms with Gasteiger partial charge in [0.15, 0.2) is 19.2 Å². The van der Waals surface area contributed by atoms with E-state index in [0.29, 0.717) is 12.1 Å². The zero-order valence-electron chi connectivity index (χ0n) is 10.3. The van der Waals surface area contributed by atoms with Gasteiger partial charge in [-0.1, -0.05) is 11.3 Å². The fourth-order valence-corrected chi connectivity index (χ4v) is 6.30. The molecule has 0 radical (unpaired) electrons. The molecule has 10 heteroatoms. The van der Waals surface area contributed by atoms with Crippen molar-refractivity contribution in [1.29, 1.82) is 0 Å². The van der Waals surface area contributed by atoms with Crippen LogP contribution in [0.2, 0.25) is 0 Å². The van der Waals surface area contributed by atoms with Crippen molar-refractivity contribution in [2.75, 3.05) is 23.8 Å². The predicted octanol–water partition coefficient (Wildman–Crippen LogP) is -0.253. The van der Waals surface area contributed by atoms with Crippen molar-refractivity contribution in [3.05, 3.63) is 5.69 Å². The van der Waals surface area contributed by atoms with E-state index in [1.165, 1.54) is 0 Å². The van der Waals surface area contributed by atoms with Crippen LogP contribution in [0.3, 0.4) is 0 Å². The third-order valence-electron chi connectivity index (χ3n) is 2.90. The van der Waals surface area contributed by atoms with Crippen LogP contribution in [0.15, 0.2) is 4.21 Å². The minimum Gasteiger partial charge on any atom is -0.375 e. The number of sulfone groups is 1. The highest BCUT2D eigenvalue weighted by Gasteiger charge is 2.29. The lowest BCUT2D eigenvalue weighted by atomic mass is 10.1. The highest BCUT2D eigenvalue weighted by molar-refractivity contribution is 7.92. The second-order valence-electron chi connectivity index (χ2n) is 4.55. The van der Waals surface area contributed by atoms with E-state index in [0.717, 1.165) is 11.3 Å². The zero-order chi connectivity index (χ0) is 14.3. The highest BCUT2D eigenvalue weighted by atomic mass is 32.2. The molecule has 1 atom stereocenters. The first kappa shape index (κ1) is 14.7. The van der Waals surface area contributed by atoms with E-state index in [1.54, 1.807) is 6.92 Å². The number of hydrogen-bond donors (Lipinski definition) is 2. The molecule has 3 N–H and O–H groups in total. The number of nitrogen functional groups attached to an aromatic ring is 1. The zero-order valence-corrected chi connectivity index (χ0v) is 12.7. The molecule has 0 bridgehead atoms. The number of anilines is 1. The van der Waals surface area contributed by atoms with E-state index in [2.05, 4.69) is 9.71 Å². The van der Waals surface area contributed by atoms with Crippen molar-refractivity contribution in [1.82, 2.24) is 9.71 Å². The molecule has 2 heterocycles. The van der Waals surface area contributed by atoms with Gasteiger partial charge in [-0.15, -0.1) is 0 Å². The maximum atomic E-state index is 12.0. The number of thiazole rings is 1. The van der Waals surface area contributed by atoms with E-state index in [-0.39, 0.29) is 33.3 Å². The highest BCUT2D eigenvalue weighted by Crippen LogP contribution is 2.25. The summed E-state index contributed by atoms with van der Waals surface area (Å²) in [4.78, 5) is 3.86. The Morgan fingerprint density at radius 2 is 2.21 bits per heavy atom. The molecular weight excluding hydrogens is 310 g/mol. The van der Waals surface area contributed by atoms with Crippen LogP contribution < -0.4 is 10.5 Å². The van der Waals surface area contributed by atoms with Gasteiger partial charge in [-0.25, -0.2) is 26.5 Å². The van der Waals surface area contributed by atoms with E-state index in [4.69, 9.17) is 5.73 Å². The van der Waals surface area contributed by atoms with E-state index < -0.39 is 19.9 Å². The standard InChI is InChI=1S/C9H15N3O4S3/c1-6-8(17-9(10)12-6)19(15,16)11-4-7-2-3-18(13,14)5-7/h7,11H,2-5H2,1H3,(H2,10,12). The number of aromatic nitrogens is 1. The summed E-state index contributed by atoms with van der Waals surface area (Å²) in [5.41, 5.74) is 5.82. The van der Waals surface area contributed by atoms with E-state index in [9.17, 15) is 16.8 Å². The fourth-order valence-electron chi connectivity index (χ4n) is 1.98. The Balaban J connectivity index is 2.05. The van der Waals surface area contributed by atoms with Crippen molar-refractivity contribution in [3.8, 4) is 0 Å². The molecule has 1 saturated heterocycles. The largest absolute Gasteiger partial charge is 0.375 e. The van der Waals surface area contributed by atoms with Crippen molar-refractivity contribution in [2.24, 2.45) is 5.92 Å². The molecule has 0 aromatic carbocycles. The molecule has 0 spiro atoms. The monoisotopic (exact) mass is 325 g/mol. The van der Waals surface area contributed by atoms with Crippen LogP contribution in [-0.4, -0.2) is 39.9 Å². The first-order valence-corrected chi connectivity index (χ1v) is 9.75. The number of nitrogens with one attached hydrogen (secondary N) is 1. The summed E-state index contributed by atoms with van der Waals surface area (Å²) < 4.78 is 49.2. The van der Waals surface area contributed by atoms with Gasteiger partial charge >= 0.3 is 0 Å². The van der Waals surface area contributed by atoms with Crippen molar-refractivity contribution in [3.63, 3.8) is 0 Å². The van der Waals surface area contributed by atoms with Crippen LogP contribution in [0, 0.1) is 12.8 Å². The molecule has 1 fully saturated rings. The predicted molar refractivity (Wildman–Crippen MR) is 73.2 cm³/mol. The number of rotatable bonds is 4. The molecule has 7 nitrogen and oxygen atoms in total. The molecule has 0 aliphatic carbocycles. The van der Waals surface area contributed by atoms with E-state index >= 15 is 0 Å². The number of nitrogens with zero attached hydrogens (tertiary/aromatic N) is 1. The summed E-state index contributed by atoms with van der Waals surface area (Å²) in [6.45, 7) is 1.69. The quantitative estimate of drug-likeness (QED) is 0.787. The Hall–Kier alpha value is -0.710. The molecular formula is C9H15N3O4S3. The van der Waals surface area contributed by atoms with Crippen molar-refractivity contribution >= 4 is 36.3 Å². The molecule has 0 amide bonds. The minimum absolute atomic E-state index is 0.0410. The lowest BCUT2D eigenvalue weighted by molar-refractivity contribution is 0.544. The molecule has 1 aliphatic rings.